The highest BCUT2D eigenvalue weighted by Crippen LogP contribution is 2.37. The van der Waals surface area contributed by atoms with Crippen molar-refractivity contribution < 1.29 is 18.1 Å². The summed E-state index contributed by atoms with van der Waals surface area (Å²) in [5.74, 6) is -0.295. The Morgan fingerprint density at radius 1 is 1.12 bits per heavy atom. The van der Waals surface area contributed by atoms with Crippen molar-refractivity contribution in [3.05, 3.63) is 83.2 Å². The molecule has 8 heteroatoms. The smallest absolute Gasteiger partial charge is 0.197 e. The van der Waals surface area contributed by atoms with Crippen LogP contribution < -0.4 is 14.2 Å². The lowest BCUT2D eigenvalue weighted by Gasteiger charge is -2.19. The summed E-state index contributed by atoms with van der Waals surface area (Å²) in [4.78, 5) is 0.664. The number of halogens is 1. The third-order valence-electron chi connectivity index (χ3n) is 5.30. The Morgan fingerprint density at radius 3 is 2.36 bits per heavy atom. The molecule has 0 fully saturated rings. The quantitative estimate of drug-likeness (QED) is 0.288. The molecule has 0 aliphatic heterocycles. The maximum atomic E-state index is 15.5. The molecule has 0 spiro atoms. The van der Waals surface area contributed by atoms with Crippen molar-refractivity contribution in [2.24, 2.45) is 0 Å². The Hall–Kier alpha value is -2.76. The third-order valence-corrected chi connectivity index (χ3v) is 7.61. The molecule has 0 saturated carbocycles. The second-order valence-corrected chi connectivity index (χ2v) is 10.3. The molecule has 0 saturated heterocycles. The van der Waals surface area contributed by atoms with Crippen LogP contribution in [-0.4, -0.2) is 36.5 Å². The normalized spacial score (nSPS) is 13.0. The van der Waals surface area contributed by atoms with Gasteiger partial charge in [-0.1, -0.05) is 37.3 Å². The van der Waals surface area contributed by atoms with E-state index in [1.807, 2.05) is 18.2 Å². The number of methoxy groups -OCH3 is 2. The largest absolute Gasteiger partial charge is 0.493 e. The second kappa shape index (κ2) is 11.4. The minimum atomic E-state index is -1.40. The van der Waals surface area contributed by atoms with Crippen LogP contribution in [-0.2, 0) is 17.4 Å². The van der Waals surface area contributed by atoms with Gasteiger partial charge in [0.25, 0.3) is 0 Å². The molecule has 2 N–H and O–H groups in total. The number of hydrogen-bond donors (Lipinski definition) is 2. The van der Waals surface area contributed by atoms with Gasteiger partial charge in [-0.15, -0.1) is 8.58 Å². The van der Waals surface area contributed by atoms with Gasteiger partial charge in [0.05, 0.1) is 24.8 Å². The Labute approximate surface area is 198 Å². The summed E-state index contributed by atoms with van der Waals surface area (Å²) in [6.45, 7) is 4.21. The molecule has 3 atom stereocenters. The summed E-state index contributed by atoms with van der Waals surface area (Å²) in [5, 5.41) is 8.79. The van der Waals surface area contributed by atoms with E-state index in [-0.39, 0.29) is 17.0 Å². The highest BCUT2D eigenvalue weighted by atomic mass is 32.2. The summed E-state index contributed by atoms with van der Waals surface area (Å²) in [6.07, 6.45) is 0.625. The van der Waals surface area contributed by atoms with Crippen molar-refractivity contribution in [2.45, 2.75) is 23.9 Å². The van der Waals surface area contributed by atoms with Gasteiger partial charge in [-0.05, 0) is 54.6 Å². The molecule has 0 heterocycles. The van der Waals surface area contributed by atoms with E-state index in [9.17, 15) is 4.21 Å². The zero-order valence-electron chi connectivity index (χ0n) is 19.1. The zero-order chi connectivity index (χ0) is 24.0. The van der Waals surface area contributed by atoms with Crippen molar-refractivity contribution in [1.82, 2.24) is 0 Å². The minimum absolute atomic E-state index is 0.0101. The van der Waals surface area contributed by atoms with Crippen LogP contribution in [0.25, 0.3) is 0 Å². The van der Waals surface area contributed by atoms with Gasteiger partial charge in [0.1, 0.15) is 11.0 Å². The van der Waals surface area contributed by atoms with Gasteiger partial charge >= 0.3 is 0 Å². The number of hydrogen-bond acceptors (Lipinski definition) is 4. The average Bonchev–Trinajstić information content (AvgIpc) is 2.84. The van der Waals surface area contributed by atoms with Gasteiger partial charge in [0, 0.05) is 16.8 Å². The first-order valence-electron chi connectivity index (χ1n) is 10.4. The van der Waals surface area contributed by atoms with Crippen molar-refractivity contribution in [2.75, 3.05) is 25.6 Å². The molecule has 33 heavy (non-hydrogen) atoms. The van der Waals surface area contributed by atoms with E-state index in [4.69, 9.17) is 14.9 Å². The topological polar surface area (TPSA) is 71.4 Å². The Bertz CT molecular complexity index is 1140. The van der Waals surface area contributed by atoms with Crippen LogP contribution in [0.5, 0.6) is 11.5 Å². The predicted molar refractivity (Wildman–Crippen MR) is 136 cm³/mol. The first kappa shape index (κ1) is 24.9. The molecule has 3 aromatic rings. The Kier molecular flexibility index (Phi) is 8.59. The average molecular weight is 487 g/mol. The van der Waals surface area contributed by atoms with Crippen molar-refractivity contribution in [1.29, 1.82) is 5.41 Å². The van der Waals surface area contributed by atoms with Crippen LogP contribution in [0.3, 0.4) is 0 Å². The summed E-state index contributed by atoms with van der Waals surface area (Å²) in [7, 11) is 2.14. The summed E-state index contributed by atoms with van der Waals surface area (Å²) < 4.78 is 41.5. The van der Waals surface area contributed by atoms with Crippen molar-refractivity contribution in [3.8, 4) is 11.5 Å². The molecule has 0 aliphatic carbocycles. The highest BCUT2D eigenvalue weighted by molar-refractivity contribution is 7.86. The standard InChI is InChI=1S/C25H28FN2O3PS/c1-16(32-4)14-18-15-21(30-2)25(31-3)23(26)22(18)24(27)17-10-12-19(13-11-17)28-33(29)20-8-6-5-7-9-20/h5-13,15-16,27-28,32H,14H2,1-4H3. The van der Waals surface area contributed by atoms with E-state index >= 15 is 4.39 Å². The van der Waals surface area contributed by atoms with Gasteiger partial charge < -0.3 is 14.2 Å². The van der Waals surface area contributed by atoms with E-state index in [1.54, 1.807) is 42.5 Å². The van der Waals surface area contributed by atoms with Crippen LogP contribution >= 0.6 is 8.58 Å². The van der Waals surface area contributed by atoms with E-state index in [1.165, 1.54) is 14.2 Å². The Morgan fingerprint density at radius 2 is 1.79 bits per heavy atom. The fourth-order valence-corrected chi connectivity index (χ4v) is 4.72. The third kappa shape index (κ3) is 5.79. The van der Waals surface area contributed by atoms with Crippen LogP contribution in [0.15, 0.2) is 65.6 Å². The van der Waals surface area contributed by atoms with Gasteiger partial charge in [0.2, 0.25) is 0 Å². The maximum absolute atomic E-state index is 15.5. The fraction of sp³-hybridized carbons (Fsp3) is 0.240. The maximum Gasteiger partial charge on any atom is 0.197 e. The lowest BCUT2D eigenvalue weighted by molar-refractivity contribution is 0.336. The van der Waals surface area contributed by atoms with Gasteiger partial charge in [-0.2, -0.15) is 0 Å². The van der Waals surface area contributed by atoms with Gasteiger partial charge in [0.15, 0.2) is 17.3 Å². The monoisotopic (exact) mass is 486 g/mol. The molecular weight excluding hydrogens is 458 g/mol. The number of anilines is 1. The van der Waals surface area contributed by atoms with Crippen LogP contribution in [0.1, 0.15) is 23.6 Å². The first-order valence-corrected chi connectivity index (χ1v) is 13.2. The summed E-state index contributed by atoms with van der Waals surface area (Å²) in [6, 6.07) is 17.8. The summed E-state index contributed by atoms with van der Waals surface area (Å²) in [5.41, 5.74) is 2.52. The molecule has 0 aliphatic rings. The minimum Gasteiger partial charge on any atom is -0.493 e. The van der Waals surface area contributed by atoms with Crippen LogP contribution in [0, 0.1) is 11.2 Å². The van der Waals surface area contributed by atoms with Crippen LogP contribution in [0.2, 0.25) is 0 Å². The van der Waals surface area contributed by atoms with E-state index in [2.05, 4.69) is 18.3 Å². The predicted octanol–water partition coefficient (Wildman–Crippen LogP) is 5.63. The molecule has 0 aromatic heterocycles. The van der Waals surface area contributed by atoms with Crippen molar-refractivity contribution in [3.63, 3.8) is 0 Å². The molecule has 3 unspecified atom stereocenters. The van der Waals surface area contributed by atoms with Crippen molar-refractivity contribution >= 4 is 31.0 Å². The Balaban J connectivity index is 1.93. The molecule has 3 rings (SSSR count). The van der Waals surface area contributed by atoms with Gasteiger partial charge in [-0.25, -0.2) is 8.60 Å². The molecule has 0 amide bonds. The second-order valence-electron chi connectivity index (χ2n) is 7.49. The van der Waals surface area contributed by atoms with Gasteiger partial charge in [-0.3, -0.25) is 5.41 Å². The molecule has 0 radical (unpaired) electrons. The molecule has 5 nitrogen and oxygen atoms in total. The molecule has 174 valence electrons. The molecular formula is C25H28FN2O3PS. The highest BCUT2D eigenvalue weighted by Gasteiger charge is 2.24. The molecule has 0 bridgehead atoms. The van der Waals surface area contributed by atoms with E-state index in [0.29, 0.717) is 48.1 Å². The first-order chi connectivity index (χ1) is 15.9. The van der Waals surface area contributed by atoms with E-state index in [0.717, 1.165) is 0 Å². The zero-order valence-corrected chi connectivity index (χ0v) is 20.9. The van der Waals surface area contributed by atoms with Crippen LogP contribution in [0.4, 0.5) is 10.1 Å². The number of nitrogens with one attached hydrogen (secondary N) is 2. The number of ether oxygens (including phenoxy) is 2. The lowest BCUT2D eigenvalue weighted by atomic mass is 9.93. The number of benzene rings is 3. The summed E-state index contributed by atoms with van der Waals surface area (Å²) >= 11 is 0. The van der Waals surface area contributed by atoms with E-state index < -0.39 is 16.8 Å². The fourth-order valence-electron chi connectivity index (χ4n) is 3.42. The lowest BCUT2D eigenvalue weighted by Crippen LogP contribution is -2.13. The number of rotatable bonds is 10. The molecule has 3 aromatic carbocycles. The SMILES string of the molecule is COc1cc(CC(C)PC)c(C(=N)c2ccc(NS(=O)c3ccccc3)cc2)c(F)c1OC.